The molecule has 0 spiro atoms. The van der Waals surface area contributed by atoms with Crippen LogP contribution in [0.25, 0.3) is 0 Å². The van der Waals surface area contributed by atoms with Crippen molar-refractivity contribution in [2.45, 2.75) is 38.8 Å². The summed E-state index contributed by atoms with van der Waals surface area (Å²) in [5, 5.41) is 5.77. The molecule has 0 radical (unpaired) electrons. The zero-order chi connectivity index (χ0) is 12.3. The Kier molecular flexibility index (Phi) is 4.86. The van der Waals surface area contributed by atoms with E-state index in [2.05, 4.69) is 35.5 Å². The zero-order valence-corrected chi connectivity index (χ0v) is 12.2. The van der Waals surface area contributed by atoms with Gasteiger partial charge >= 0.3 is 0 Å². The van der Waals surface area contributed by atoms with Crippen molar-refractivity contribution in [3.05, 3.63) is 21.3 Å². The second kappa shape index (κ2) is 6.19. The van der Waals surface area contributed by atoms with Gasteiger partial charge in [-0.2, -0.15) is 0 Å². The van der Waals surface area contributed by atoms with Gasteiger partial charge in [0.15, 0.2) is 0 Å². The lowest BCUT2D eigenvalue weighted by Gasteiger charge is -2.24. The Labute approximate surface area is 113 Å². The minimum Gasteiger partial charge on any atom is -0.309 e. The van der Waals surface area contributed by atoms with Crippen LogP contribution in [0.1, 0.15) is 38.3 Å². The monoisotopic (exact) mass is 272 g/mol. The standard InChI is InChI=1S/C13H21ClN2S/c1-3-16-6-4-5-12(16)8-15-10(2)11-7-13(14)17-9-11/h7,9-10,12,15H,3-6,8H2,1-2H3. The largest absolute Gasteiger partial charge is 0.309 e. The highest BCUT2D eigenvalue weighted by Gasteiger charge is 2.23. The highest BCUT2D eigenvalue weighted by molar-refractivity contribution is 7.14. The molecule has 1 N–H and O–H groups in total. The third kappa shape index (κ3) is 3.44. The molecule has 1 aromatic heterocycles. The van der Waals surface area contributed by atoms with Crippen LogP contribution in [0, 0.1) is 0 Å². The van der Waals surface area contributed by atoms with Crippen LogP contribution in [-0.2, 0) is 0 Å². The Morgan fingerprint density at radius 1 is 1.65 bits per heavy atom. The highest BCUT2D eigenvalue weighted by atomic mass is 35.5. The zero-order valence-electron chi connectivity index (χ0n) is 10.6. The third-order valence-electron chi connectivity index (χ3n) is 3.65. The summed E-state index contributed by atoms with van der Waals surface area (Å²) in [7, 11) is 0. The molecule has 96 valence electrons. The predicted molar refractivity (Wildman–Crippen MR) is 76.0 cm³/mol. The molecule has 0 saturated carbocycles. The SMILES string of the molecule is CCN1CCCC1CNC(C)c1csc(Cl)c1. The number of nitrogens with one attached hydrogen (secondary N) is 1. The molecule has 4 heteroatoms. The van der Waals surface area contributed by atoms with E-state index in [1.807, 2.05) is 0 Å². The second-order valence-electron chi connectivity index (χ2n) is 4.74. The molecule has 17 heavy (non-hydrogen) atoms. The summed E-state index contributed by atoms with van der Waals surface area (Å²) in [5.74, 6) is 0. The van der Waals surface area contributed by atoms with Gasteiger partial charge in [0.05, 0.1) is 4.34 Å². The van der Waals surface area contributed by atoms with E-state index >= 15 is 0 Å². The molecule has 2 unspecified atom stereocenters. The number of thiophene rings is 1. The smallest absolute Gasteiger partial charge is 0.0931 e. The van der Waals surface area contributed by atoms with Crippen molar-refractivity contribution in [2.75, 3.05) is 19.6 Å². The first kappa shape index (κ1) is 13.3. The summed E-state index contributed by atoms with van der Waals surface area (Å²) in [4.78, 5) is 2.57. The summed E-state index contributed by atoms with van der Waals surface area (Å²) in [5.41, 5.74) is 1.31. The molecule has 0 aromatic carbocycles. The van der Waals surface area contributed by atoms with Crippen LogP contribution in [0.3, 0.4) is 0 Å². The van der Waals surface area contributed by atoms with Crippen LogP contribution in [0.15, 0.2) is 11.4 Å². The first-order chi connectivity index (χ1) is 8.20. The fraction of sp³-hybridized carbons (Fsp3) is 0.692. The van der Waals surface area contributed by atoms with Crippen molar-refractivity contribution in [2.24, 2.45) is 0 Å². The average molecular weight is 273 g/mol. The summed E-state index contributed by atoms with van der Waals surface area (Å²) >= 11 is 7.57. The molecular weight excluding hydrogens is 252 g/mol. The Bertz CT molecular complexity index is 353. The molecule has 2 atom stereocenters. The number of likely N-dealkylation sites (N-methyl/N-ethyl adjacent to an activating group) is 1. The molecule has 0 aliphatic carbocycles. The summed E-state index contributed by atoms with van der Waals surface area (Å²) in [6, 6.07) is 3.19. The number of hydrogen-bond acceptors (Lipinski definition) is 3. The van der Waals surface area contributed by atoms with Crippen LogP contribution in [0.5, 0.6) is 0 Å². The van der Waals surface area contributed by atoms with Crippen LogP contribution in [0.2, 0.25) is 4.34 Å². The second-order valence-corrected chi connectivity index (χ2v) is 6.28. The lowest BCUT2D eigenvalue weighted by molar-refractivity contribution is 0.255. The molecule has 1 fully saturated rings. The molecule has 2 nitrogen and oxygen atoms in total. The summed E-state index contributed by atoms with van der Waals surface area (Å²) < 4.78 is 0.879. The Morgan fingerprint density at radius 2 is 2.47 bits per heavy atom. The first-order valence-corrected chi connectivity index (χ1v) is 7.67. The van der Waals surface area contributed by atoms with E-state index in [0.29, 0.717) is 6.04 Å². The van der Waals surface area contributed by atoms with E-state index < -0.39 is 0 Å². The summed E-state index contributed by atoms with van der Waals surface area (Å²) in [6.45, 7) is 7.99. The van der Waals surface area contributed by atoms with Crippen molar-refractivity contribution >= 4 is 22.9 Å². The van der Waals surface area contributed by atoms with Gasteiger partial charge in [-0.15, -0.1) is 11.3 Å². The maximum atomic E-state index is 5.96. The van der Waals surface area contributed by atoms with Gasteiger partial charge in [-0.3, -0.25) is 4.90 Å². The number of halogens is 1. The highest BCUT2D eigenvalue weighted by Crippen LogP contribution is 2.25. The van der Waals surface area contributed by atoms with Gasteiger partial charge < -0.3 is 5.32 Å². The lowest BCUT2D eigenvalue weighted by Crippen LogP contribution is -2.38. The van der Waals surface area contributed by atoms with Crippen LogP contribution in [-0.4, -0.2) is 30.6 Å². The topological polar surface area (TPSA) is 15.3 Å². The number of likely N-dealkylation sites (tertiary alicyclic amines) is 1. The van der Waals surface area contributed by atoms with Gasteiger partial charge in [0.25, 0.3) is 0 Å². The lowest BCUT2D eigenvalue weighted by atomic mass is 10.1. The molecule has 0 amide bonds. The molecule has 1 aliphatic heterocycles. The van der Waals surface area contributed by atoms with Gasteiger partial charge in [-0.1, -0.05) is 18.5 Å². The molecule has 0 bridgehead atoms. The van der Waals surface area contributed by atoms with Gasteiger partial charge in [-0.05, 0) is 49.9 Å². The molecule has 1 saturated heterocycles. The predicted octanol–water partition coefficient (Wildman–Crippen LogP) is 3.54. The molecule has 1 aliphatic rings. The van der Waals surface area contributed by atoms with Gasteiger partial charge in [-0.25, -0.2) is 0 Å². The fourth-order valence-electron chi connectivity index (χ4n) is 2.52. The Balaban J connectivity index is 1.81. The Hall–Kier alpha value is -0.0900. The van der Waals surface area contributed by atoms with Crippen molar-refractivity contribution in [1.29, 1.82) is 0 Å². The Morgan fingerprint density at radius 3 is 3.12 bits per heavy atom. The van der Waals surface area contributed by atoms with Gasteiger partial charge in [0, 0.05) is 18.6 Å². The molecule has 2 rings (SSSR count). The maximum Gasteiger partial charge on any atom is 0.0931 e. The van der Waals surface area contributed by atoms with E-state index in [9.17, 15) is 0 Å². The van der Waals surface area contributed by atoms with Gasteiger partial charge in [0.2, 0.25) is 0 Å². The normalized spacial score (nSPS) is 23.1. The molecular formula is C13H21ClN2S. The first-order valence-electron chi connectivity index (χ1n) is 6.42. The van der Waals surface area contributed by atoms with E-state index in [4.69, 9.17) is 11.6 Å². The summed E-state index contributed by atoms with van der Waals surface area (Å²) in [6.07, 6.45) is 2.68. The van der Waals surface area contributed by atoms with Crippen molar-refractivity contribution < 1.29 is 0 Å². The fourth-order valence-corrected chi connectivity index (χ4v) is 3.51. The third-order valence-corrected chi connectivity index (χ3v) is 4.76. The van der Waals surface area contributed by atoms with E-state index in [0.717, 1.165) is 16.9 Å². The van der Waals surface area contributed by atoms with Crippen molar-refractivity contribution in [1.82, 2.24) is 10.2 Å². The van der Waals surface area contributed by atoms with E-state index in [-0.39, 0.29) is 0 Å². The number of nitrogens with zero attached hydrogens (tertiary/aromatic N) is 1. The maximum absolute atomic E-state index is 5.96. The quantitative estimate of drug-likeness (QED) is 0.882. The van der Waals surface area contributed by atoms with Crippen LogP contribution in [0.4, 0.5) is 0 Å². The number of rotatable bonds is 5. The molecule has 2 heterocycles. The molecule has 1 aromatic rings. The van der Waals surface area contributed by atoms with Crippen molar-refractivity contribution in [3.8, 4) is 0 Å². The van der Waals surface area contributed by atoms with E-state index in [1.54, 1.807) is 11.3 Å². The van der Waals surface area contributed by atoms with Crippen LogP contribution >= 0.6 is 22.9 Å². The average Bonchev–Trinajstić information content (AvgIpc) is 2.94. The van der Waals surface area contributed by atoms with E-state index in [1.165, 1.54) is 31.5 Å². The van der Waals surface area contributed by atoms with Crippen LogP contribution < -0.4 is 5.32 Å². The number of hydrogen-bond donors (Lipinski definition) is 1. The minimum absolute atomic E-state index is 0.401. The minimum atomic E-state index is 0.401. The van der Waals surface area contributed by atoms with Gasteiger partial charge in [0.1, 0.15) is 0 Å². The van der Waals surface area contributed by atoms with Crippen molar-refractivity contribution in [3.63, 3.8) is 0 Å².